The second kappa shape index (κ2) is 56.7. The van der Waals surface area contributed by atoms with Crippen LogP contribution < -0.4 is 5.32 Å². The molecule has 1 amide bonds. The molecule has 0 aromatic rings. The number of allylic oxidation sites excluding steroid dienone is 8. The molecule has 4 nitrogen and oxygen atoms in total. The molecule has 65 heavy (non-hydrogen) atoms. The SMILES string of the molecule is CC/C=C\C/C=C\C/C=C\C/C=C\CCCCCCCCCCC(=O)NC(CO)C(O)CCCCCCCCCCCCCCCCCCCCCCCCCCCCCCCCCC. The Kier molecular flexibility index (Phi) is 55.2. The number of aliphatic hydroxyl groups is 2. The zero-order valence-electron chi connectivity index (χ0n) is 44.0. The van der Waals surface area contributed by atoms with E-state index in [4.69, 9.17) is 0 Å². The van der Waals surface area contributed by atoms with E-state index in [1.54, 1.807) is 0 Å². The molecule has 0 rings (SSSR count). The van der Waals surface area contributed by atoms with Gasteiger partial charge in [-0.3, -0.25) is 4.79 Å². The first-order valence-electron chi connectivity index (χ1n) is 29.3. The predicted molar refractivity (Wildman–Crippen MR) is 290 cm³/mol. The molecule has 0 radical (unpaired) electrons. The highest BCUT2D eigenvalue weighted by Gasteiger charge is 2.20. The summed E-state index contributed by atoms with van der Waals surface area (Å²) in [6.07, 6.45) is 78.3. The van der Waals surface area contributed by atoms with Crippen LogP contribution in [0.4, 0.5) is 0 Å². The Hall–Kier alpha value is -1.65. The number of nitrogens with one attached hydrogen (secondary N) is 1. The Morgan fingerprint density at radius 1 is 0.385 bits per heavy atom. The van der Waals surface area contributed by atoms with Crippen LogP contribution in [0.25, 0.3) is 0 Å². The molecule has 0 aliphatic carbocycles. The van der Waals surface area contributed by atoms with Crippen LogP contribution in [-0.4, -0.2) is 34.9 Å². The number of amides is 1. The van der Waals surface area contributed by atoms with Gasteiger partial charge in [-0.25, -0.2) is 0 Å². The van der Waals surface area contributed by atoms with Crippen LogP contribution in [0.2, 0.25) is 0 Å². The molecule has 0 aliphatic heterocycles. The highest BCUT2D eigenvalue weighted by Crippen LogP contribution is 2.18. The highest BCUT2D eigenvalue weighted by molar-refractivity contribution is 5.76. The van der Waals surface area contributed by atoms with E-state index >= 15 is 0 Å². The molecule has 2 unspecified atom stereocenters. The van der Waals surface area contributed by atoms with Crippen LogP contribution in [-0.2, 0) is 4.79 Å². The van der Waals surface area contributed by atoms with Crippen LogP contribution in [0.5, 0.6) is 0 Å². The molecule has 0 saturated heterocycles. The summed E-state index contributed by atoms with van der Waals surface area (Å²) in [5.41, 5.74) is 0. The normalized spacial score (nSPS) is 13.1. The first-order chi connectivity index (χ1) is 32.2. The third kappa shape index (κ3) is 53.2. The Labute approximate surface area is 407 Å². The van der Waals surface area contributed by atoms with Crippen molar-refractivity contribution >= 4 is 5.91 Å². The fourth-order valence-electron chi connectivity index (χ4n) is 9.18. The van der Waals surface area contributed by atoms with Crippen LogP contribution in [0.3, 0.4) is 0 Å². The Bertz CT molecular complexity index is 1030. The molecule has 0 aromatic heterocycles. The maximum Gasteiger partial charge on any atom is 0.220 e. The first-order valence-corrected chi connectivity index (χ1v) is 29.3. The number of unbranched alkanes of at least 4 members (excludes halogenated alkanes) is 39. The second-order valence-electron chi connectivity index (χ2n) is 20.0. The third-order valence-electron chi connectivity index (χ3n) is 13.6. The van der Waals surface area contributed by atoms with Gasteiger partial charge in [0.1, 0.15) is 0 Å². The van der Waals surface area contributed by atoms with Gasteiger partial charge in [-0.15, -0.1) is 0 Å². The van der Waals surface area contributed by atoms with Crippen molar-refractivity contribution in [2.45, 2.75) is 328 Å². The summed E-state index contributed by atoms with van der Waals surface area (Å²) in [5, 5.41) is 23.4. The number of carbonyl (C=O) groups is 1. The number of carbonyl (C=O) groups excluding carboxylic acids is 1. The van der Waals surface area contributed by atoms with E-state index in [0.29, 0.717) is 12.8 Å². The number of rotatable bonds is 54. The molecule has 3 N–H and O–H groups in total. The topological polar surface area (TPSA) is 69.6 Å². The molecule has 0 aliphatic rings. The van der Waals surface area contributed by atoms with Gasteiger partial charge >= 0.3 is 0 Å². The van der Waals surface area contributed by atoms with Crippen molar-refractivity contribution in [3.8, 4) is 0 Å². The fraction of sp³-hybridized carbons (Fsp3) is 0.852. The van der Waals surface area contributed by atoms with Crippen molar-refractivity contribution in [3.05, 3.63) is 48.6 Å². The van der Waals surface area contributed by atoms with Crippen LogP contribution in [0, 0.1) is 0 Å². The molecule has 0 bridgehead atoms. The molecule has 2 atom stereocenters. The number of hydrogen-bond acceptors (Lipinski definition) is 3. The van der Waals surface area contributed by atoms with E-state index in [2.05, 4.69) is 67.8 Å². The predicted octanol–water partition coefficient (Wildman–Crippen LogP) is 19.4. The highest BCUT2D eigenvalue weighted by atomic mass is 16.3. The zero-order chi connectivity index (χ0) is 47.0. The molecular weight excluding hydrogens is 795 g/mol. The fourth-order valence-corrected chi connectivity index (χ4v) is 9.18. The minimum absolute atomic E-state index is 0.0370. The van der Waals surface area contributed by atoms with Gasteiger partial charge in [-0.2, -0.15) is 0 Å². The smallest absolute Gasteiger partial charge is 0.220 e. The van der Waals surface area contributed by atoms with Crippen LogP contribution in [0.15, 0.2) is 48.6 Å². The van der Waals surface area contributed by atoms with Gasteiger partial charge in [0.2, 0.25) is 5.91 Å². The summed E-state index contributed by atoms with van der Waals surface area (Å²) in [4.78, 5) is 12.5. The quantitative estimate of drug-likeness (QED) is 0.0421. The van der Waals surface area contributed by atoms with Crippen molar-refractivity contribution in [3.63, 3.8) is 0 Å². The molecule has 0 spiro atoms. The second-order valence-corrected chi connectivity index (χ2v) is 20.0. The summed E-state index contributed by atoms with van der Waals surface area (Å²) in [6, 6.07) is -0.544. The molecule has 0 heterocycles. The summed E-state index contributed by atoms with van der Waals surface area (Å²) < 4.78 is 0. The lowest BCUT2D eigenvalue weighted by Crippen LogP contribution is -2.45. The van der Waals surface area contributed by atoms with Crippen molar-refractivity contribution < 1.29 is 15.0 Å². The maximum atomic E-state index is 12.5. The van der Waals surface area contributed by atoms with E-state index in [9.17, 15) is 15.0 Å². The van der Waals surface area contributed by atoms with Gasteiger partial charge in [0, 0.05) is 6.42 Å². The number of hydrogen-bond donors (Lipinski definition) is 3. The Balaban J connectivity index is 3.43. The average Bonchev–Trinajstić information content (AvgIpc) is 3.31. The summed E-state index contributed by atoms with van der Waals surface area (Å²) >= 11 is 0. The van der Waals surface area contributed by atoms with Crippen molar-refractivity contribution in [2.24, 2.45) is 0 Å². The van der Waals surface area contributed by atoms with E-state index in [1.807, 2.05) is 0 Å². The van der Waals surface area contributed by atoms with Gasteiger partial charge in [-0.1, -0.05) is 306 Å². The molecule has 4 heteroatoms. The van der Waals surface area contributed by atoms with Gasteiger partial charge in [-0.05, 0) is 51.4 Å². The summed E-state index contributed by atoms with van der Waals surface area (Å²) in [6.45, 7) is 4.27. The lowest BCUT2D eigenvalue weighted by Gasteiger charge is -2.22. The minimum atomic E-state index is -0.666. The lowest BCUT2D eigenvalue weighted by atomic mass is 10.0. The monoisotopic (exact) mass is 910 g/mol. The van der Waals surface area contributed by atoms with E-state index in [1.165, 1.54) is 238 Å². The summed E-state index contributed by atoms with van der Waals surface area (Å²) in [7, 11) is 0. The van der Waals surface area contributed by atoms with Crippen LogP contribution >= 0.6 is 0 Å². The standard InChI is InChI=1S/C61H115NO3/c1-3-5-7-9-11-13-15-17-19-21-23-25-26-27-28-29-30-31-32-33-34-35-37-38-40-42-44-46-48-50-52-54-56-60(64)59(58-63)62-61(65)57-55-53-51-49-47-45-43-41-39-36-24-22-20-18-16-14-12-10-8-6-4-2/h6,8,12,14,18,20,24,36,59-60,63-64H,3-5,7,9-11,13,15-17,19,21-23,25-35,37-58H2,1-2H3,(H,62,65)/b8-6-,14-12-,20-18-,36-24-. The average molecular weight is 911 g/mol. The van der Waals surface area contributed by atoms with Gasteiger partial charge in [0.05, 0.1) is 18.8 Å². The molecule has 382 valence electrons. The Morgan fingerprint density at radius 2 is 0.677 bits per heavy atom. The lowest BCUT2D eigenvalue weighted by molar-refractivity contribution is -0.123. The van der Waals surface area contributed by atoms with Crippen molar-refractivity contribution in [2.75, 3.05) is 6.61 Å². The largest absolute Gasteiger partial charge is 0.394 e. The third-order valence-corrected chi connectivity index (χ3v) is 13.6. The van der Waals surface area contributed by atoms with Gasteiger partial charge < -0.3 is 15.5 Å². The van der Waals surface area contributed by atoms with E-state index in [-0.39, 0.29) is 12.5 Å². The maximum absolute atomic E-state index is 12.5. The molecule has 0 aromatic carbocycles. The molecule has 0 saturated carbocycles. The zero-order valence-corrected chi connectivity index (χ0v) is 44.0. The minimum Gasteiger partial charge on any atom is -0.394 e. The van der Waals surface area contributed by atoms with Gasteiger partial charge in [0.15, 0.2) is 0 Å². The van der Waals surface area contributed by atoms with Crippen molar-refractivity contribution in [1.82, 2.24) is 5.32 Å². The van der Waals surface area contributed by atoms with E-state index < -0.39 is 12.1 Å². The summed E-state index contributed by atoms with van der Waals surface area (Å²) in [5.74, 6) is -0.0370. The Morgan fingerprint density at radius 3 is 1.02 bits per heavy atom. The molecular formula is C61H115NO3. The first kappa shape index (κ1) is 63.4. The van der Waals surface area contributed by atoms with Crippen LogP contribution in [0.1, 0.15) is 316 Å². The van der Waals surface area contributed by atoms with E-state index in [0.717, 1.165) is 51.4 Å². The van der Waals surface area contributed by atoms with Crippen molar-refractivity contribution in [1.29, 1.82) is 0 Å². The number of aliphatic hydroxyl groups excluding tert-OH is 2. The van der Waals surface area contributed by atoms with Gasteiger partial charge in [0.25, 0.3) is 0 Å². The molecule has 0 fully saturated rings.